The highest BCUT2D eigenvalue weighted by atomic mass is 19.4. The van der Waals surface area contributed by atoms with Crippen LogP contribution in [0, 0.1) is 6.92 Å². The molecular formula is C12H12F5NO2. The molecule has 1 heterocycles. The molecule has 1 aromatic rings. The van der Waals surface area contributed by atoms with E-state index < -0.39 is 41.8 Å². The molecule has 0 amide bonds. The molecule has 0 aliphatic rings. The Hall–Kier alpha value is -1.73. The predicted molar refractivity (Wildman–Crippen MR) is 59.3 cm³/mol. The monoisotopic (exact) mass is 297 g/mol. The first-order valence-corrected chi connectivity index (χ1v) is 5.68. The Balaban J connectivity index is 3.35. The first kappa shape index (κ1) is 16.3. The average molecular weight is 297 g/mol. The third-order valence-corrected chi connectivity index (χ3v) is 2.40. The largest absolute Gasteiger partial charge is 0.466 e. The van der Waals surface area contributed by atoms with E-state index in [9.17, 15) is 26.7 Å². The van der Waals surface area contributed by atoms with E-state index >= 15 is 0 Å². The molecule has 1 aromatic heterocycles. The Kier molecular flexibility index (Phi) is 5.02. The molecule has 3 nitrogen and oxygen atoms in total. The van der Waals surface area contributed by atoms with Crippen molar-refractivity contribution in [1.82, 2.24) is 4.98 Å². The summed E-state index contributed by atoms with van der Waals surface area (Å²) in [7, 11) is 0. The summed E-state index contributed by atoms with van der Waals surface area (Å²) in [6.45, 7) is 2.75. The van der Waals surface area contributed by atoms with Crippen LogP contribution in [0.5, 0.6) is 0 Å². The maximum atomic E-state index is 12.9. The number of esters is 1. The van der Waals surface area contributed by atoms with Crippen LogP contribution in [0.2, 0.25) is 0 Å². The number of rotatable bonds is 4. The minimum absolute atomic E-state index is 0.0129. The van der Waals surface area contributed by atoms with Gasteiger partial charge in [-0.2, -0.15) is 13.2 Å². The van der Waals surface area contributed by atoms with Crippen LogP contribution in [0.25, 0.3) is 0 Å². The quantitative estimate of drug-likeness (QED) is 0.631. The SMILES string of the molecule is CCOC(=O)Cc1cc(C)nc(C(F)(F)F)c1C(F)F. The summed E-state index contributed by atoms with van der Waals surface area (Å²) in [5.41, 5.74) is -3.44. The molecule has 0 spiro atoms. The van der Waals surface area contributed by atoms with Gasteiger partial charge in [-0.15, -0.1) is 0 Å². The van der Waals surface area contributed by atoms with Crippen LogP contribution in [-0.4, -0.2) is 17.6 Å². The van der Waals surface area contributed by atoms with E-state index in [1.54, 1.807) is 0 Å². The number of hydrogen-bond acceptors (Lipinski definition) is 3. The number of ether oxygens (including phenoxy) is 1. The normalized spacial score (nSPS) is 11.8. The van der Waals surface area contributed by atoms with Gasteiger partial charge in [0.25, 0.3) is 6.43 Å². The van der Waals surface area contributed by atoms with Gasteiger partial charge in [0.15, 0.2) is 5.69 Å². The topological polar surface area (TPSA) is 39.2 Å². The van der Waals surface area contributed by atoms with Crippen LogP contribution in [0.1, 0.15) is 35.9 Å². The number of carbonyl (C=O) groups excluding carboxylic acids is 1. The molecule has 1 rings (SSSR count). The minimum Gasteiger partial charge on any atom is -0.466 e. The van der Waals surface area contributed by atoms with Crippen LogP contribution in [-0.2, 0) is 22.1 Å². The van der Waals surface area contributed by atoms with Gasteiger partial charge in [-0.1, -0.05) is 0 Å². The fourth-order valence-electron chi connectivity index (χ4n) is 1.72. The summed E-state index contributed by atoms with van der Waals surface area (Å²) < 4.78 is 68.6. The molecule has 112 valence electrons. The molecule has 0 aliphatic carbocycles. The number of aromatic nitrogens is 1. The lowest BCUT2D eigenvalue weighted by Crippen LogP contribution is -2.18. The molecule has 20 heavy (non-hydrogen) atoms. The highest BCUT2D eigenvalue weighted by Gasteiger charge is 2.39. The summed E-state index contributed by atoms with van der Waals surface area (Å²) in [6.07, 6.45) is -9.05. The molecule has 0 N–H and O–H groups in total. The van der Waals surface area contributed by atoms with Crippen molar-refractivity contribution in [3.63, 3.8) is 0 Å². The molecular weight excluding hydrogens is 285 g/mol. The Bertz CT molecular complexity index is 499. The lowest BCUT2D eigenvalue weighted by Gasteiger charge is -2.16. The highest BCUT2D eigenvalue weighted by Crippen LogP contribution is 2.37. The zero-order chi connectivity index (χ0) is 15.5. The number of carbonyl (C=O) groups is 1. The van der Waals surface area contributed by atoms with Gasteiger partial charge in [-0.05, 0) is 25.5 Å². The summed E-state index contributed by atoms with van der Waals surface area (Å²) in [6, 6.07) is 1.04. The zero-order valence-electron chi connectivity index (χ0n) is 10.7. The summed E-state index contributed by atoms with van der Waals surface area (Å²) in [4.78, 5) is 14.4. The minimum atomic E-state index is -5.01. The van der Waals surface area contributed by atoms with Crippen LogP contribution >= 0.6 is 0 Å². The lowest BCUT2D eigenvalue weighted by molar-refractivity contribution is -0.144. The van der Waals surface area contributed by atoms with E-state index in [1.807, 2.05) is 0 Å². The lowest BCUT2D eigenvalue weighted by atomic mass is 10.0. The number of hydrogen-bond donors (Lipinski definition) is 0. The molecule has 0 bridgehead atoms. The molecule has 0 saturated heterocycles. The van der Waals surface area contributed by atoms with E-state index in [1.165, 1.54) is 13.8 Å². The molecule has 8 heteroatoms. The third-order valence-electron chi connectivity index (χ3n) is 2.40. The van der Waals surface area contributed by atoms with E-state index in [2.05, 4.69) is 9.72 Å². The predicted octanol–water partition coefficient (Wildman–Crippen LogP) is 3.45. The molecule has 0 fully saturated rings. The number of pyridine rings is 1. The van der Waals surface area contributed by atoms with Crippen LogP contribution in [0.3, 0.4) is 0 Å². The van der Waals surface area contributed by atoms with Crippen LogP contribution < -0.4 is 0 Å². The van der Waals surface area contributed by atoms with Crippen molar-refractivity contribution in [1.29, 1.82) is 0 Å². The van der Waals surface area contributed by atoms with Crippen molar-refractivity contribution >= 4 is 5.97 Å². The van der Waals surface area contributed by atoms with Gasteiger partial charge in [0, 0.05) is 5.69 Å². The van der Waals surface area contributed by atoms with Crippen LogP contribution in [0.4, 0.5) is 22.0 Å². The number of aryl methyl sites for hydroxylation is 1. The third kappa shape index (κ3) is 3.88. The summed E-state index contributed by atoms with van der Waals surface area (Å²) in [5.74, 6) is -0.867. The molecule has 0 radical (unpaired) electrons. The van der Waals surface area contributed by atoms with E-state index in [0.29, 0.717) is 0 Å². The van der Waals surface area contributed by atoms with Crippen molar-refractivity contribution in [2.45, 2.75) is 32.9 Å². The van der Waals surface area contributed by atoms with Crippen LogP contribution in [0.15, 0.2) is 6.07 Å². The first-order chi connectivity index (χ1) is 9.16. The zero-order valence-corrected chi connectivity index (χ0v) is 10.7. The maximum Gasteiger partial charge on any atom is 0.433 e. The van der Waals surface area contributed by atoms with E-state index in [4.69, 9.17) is 0 Å². The second-order valence-electron chi connectivity index (χ2n) is 3.97. The van der Waals surface area contributed by atoms with Gasteiger partial charge in [-0.25, -0.2) is 13.8 Å². The van der Waals surface area contributed by atoms with Crippen molar-refractivity contribution < 1.29 is 31.5 Å². The van der Waals surface area contributed by atoms with Gasteiger partial charge >= 0.3 is 12.1 Å². The Morgan fingerprint density at radius 2 is 2.00 bits per heavy atom. The smallest absolute Gasteiger partial charge is 0.433 e. The van der Waals surface area contributed by atoms with E-state index in [0.717, 1.165) is 6.07 Å². The molecule has 0 aliphatic heterocycles. The standard InChI is InChI=1S/C12H12F5NO2/c1-3-20-8(19)5-7-4-6(2)18-10(12(15,16)17)9(7)11(13)14/h4,11H,3,5H2,1-2H3. The maximum absolute atomic E-state index is 12.9. The van der Waals surface area contributed by atoms with Crippen molar-refractivity contribution in [2.24, 2.45) is 0 Å². The van der Waals surface area contributed by atoms with Gasteiger partial charge in [0.2, 0.25) is 0 Å². The van der Waals surface area contributed by atoms with E-state index in [-0.39, 0.29) is 12.3 Å². The Morgan fingerprint density at radius 1 is 1.40 bits per heavy atom. The van der Waals surface area contributed by atoms with Crippen molar-refractivity contribution in [2.75, 3.05) is 6.61 Å². The highest BCUT2D eigenvalue weighted by molar-refractivity contribution is 5.73. The summed E-state index contributed by atoms with van der Waals surface area (Å²) in [5, 5.41) is 0. The summed E-state index contributed by atoms with van der Waals surface area (Å²) >= 11 is 0. The fraction of sp³-hybridized carbons (Fsp3) is 0.500. The van der Waals surface area contributed by atoms with Gasteiger partial charge in [0.1, 0.15) is 0 Å². The second kappa shape index (κ2) is 6.15. The van der Waals surface area contributed by atoms with Gasteiger partial charge < -0.3 is 4.74 Å². The van der Waals surface area contributed by atoms with Gasteiger partial charge in [0.05, 0.1) is 18.6 Å². The molecule has 0 unspecified atom stereocenters. The van der Waals surface area contributed by atoms with Gasteiger partial charge in [-0.3, -0.25) is 4.79 Å². The average Bonchev–Trinajstić information content (AvgIpc) is 2.26. The number of alkyl halides is 5. The molecule has 0 saturated carbocycles. The molecule has 0 atom stereocenters. The Labute approximate surface area is 111 Å². The Morgan fingerprint density at radius 3 is 2.45 bits per heavy atom. The fourth-order valence-corrected chi connectivity index (χ4v) is 1.72. The molecule has 0 aromatic carbocycles. The number of halogens is 5. The first-order valence-electron chi connectivity index (χ1n) is 5.68. The second-order valence-corrected chi connectivity index (χ2v) is 3.97. The number of nitrogens with zero attached hydrogens (tertiary/aromatic N) is 1. The van der Waals surface area contributed by atoms with Crippen molar-refractivity contribution in [3.8, 4) is 0 Å². The van der Waals surface area contributed by atoms with Crippen molar-refractivity contribution in [3.05, 3.63) is 28.6 Å².